The third-order valence-corrected chi connectivity index (χ3v) is 5.56. The maximum absolute atomic E-state index is 12.6. The van der Waals surface area contributed by atoms with Crippen LogP contribution >= 0.6 is 0 Å². The van der Waals surface area contributed by atoms with E-state index in [-0.39, 0.29) is 6.03 Å². The molecular formula is C24H27N5O4. The van der Waals surface area contributed by atoms with Crippen molar-refractivity contribution in [3.8, 4) is 28.5 Å². The molecule has 0 saturated carbocycles. The third kappa shape index (κ3) is 5.08. The number of aromatic nitrogens is 2. The normalized spacial score (nSPS) is 13.4. The second kappa shape index (κ2) is 10.1. The monoisotopic (exact) mass is 449 g/mol. The summed E-state index contributed by atoms with van der Waals surface area (Å²) in [6.07, 6.45) is 0. The van der Waals surface area contributed by atoms with E-state index >= 15 is 0 Å². The minimum Gasteiger partial charge on any atom is -0.497 e. The molecule has 0 spiro atoms. The first-order chi connectivity index (χ1) is 16.1. The van der Waals surface area contributed by atoms with Crippen molar-refractivity contribution >= 4 is 17.5 Å². The predicted molar refractivity (Wildman–Crippen MR) is 126 cm³/mol. The van der Waals surface area contributed by atoms with Crippen LogP contribution in [0.5, 0.6) is 17.2 Å². The van der Waals surface area contributed by atoms with Crippen molar-refractivity contribution < 1.29 is 19.0 Å². The molecule has 1 aliphatic rings. The van der Waals surface area contributed by atoms with Gasteiger partial charge < -0.3 is 29.3 Å². The van der Waals surface area contributed by atoms with Gasteiger partial charge in [0, 0.05) is 37.4 Å². The lowest BCUT2D eigenvalue weighted by molar-refractivity contribution is 0.208. The van der Waals surface area contributed by atoms with Gasteiger partial charge in [-0.15, -0.1) is 10.2 Å². The Kier molecular flexibility index (Phi) is 6.77. The molecule has 1 aromatic heterocycles. The SMILES string of the molecule is COc1ccc(NC(=O)N2CCN(c3ccc(-c4ccc(OC)c(OC)c4)nn3)CC2)cc1. The fraction of sp³-hybridized carbons (Fsp3) is 0.292. The van der Waals surface area contributed by atoms with E-state index in [1.807, 2.05) is 54.6 Å². The topological polar surface area (TPSA) is 89.1 Å². The van der Waals surface area contributed by atoms with E-state index in [1.54, 1.807) is 26.2 Å². The van der Waals surface area contributed by atoms with Crippen LogP contribution in [0.1, 0.15) is 0 Å². The van der Waals surface area contributed by atoms with Crippen molar-refractivity contribution in [3.63, 3.8) is 0 Å². The average Bonchev–Trinajstić information content (AvgIpc) is 2.89. The minimum atomic E-state index is -0.116. The molecule has 0 bridgehead atoms. The number of carbonyl (C=O) groups is 1. The van der Waals surface area contributed by atoms with Gasteiger partial charge in [0.2, 0.25) is 0 Å². The Morgan fingerprint density at radius 2 is 1.55 bits per heavy atom. The van der Waals surface area contributed by atoms with Crippen molar-refractivity contribution in [2.24, 2.45) is 0 Å². The Labute approximate surface area is 192 Å². The van der Waals surface area contributed by atoms with E-state index in [9.17, 15) is 4.79 Å². The zero-order valence-electron chi connectivity index (χ0n) is 18.9. The maximum Gasteiger partial charge on any atom is 0.321 e. The summed E-state index contributed by atoms with van der Waals surface area (Å²) in [7, 11) is 4.82. The smallest absolute Gasteiger partial charge is 0.321 e. The van der Waals surface area contributed by atoms with Crippen LogP contribution in [0.25, 0.3) is 11.3 Å². The predicted octanol–water partition coefficient (Wildman–Crippen LogP) is 3.52. The largest absolute Gasteiger partial charge is 0.497 e. The van der Waals surface area contributed by atoms with Gasteiger partial charge in [0.15, 0.2) is 17.3 Å². The Hall–Kier alpha value is -4.01. The summed E-state index contributed by atoms with van der Waals surface area (Å²) in [5.41, 5.74) is 2.38. The van der Waals surface area contributed by atoms with Gasteiger partial charge in [0.1, 0.15) is 5.75 Å². The molecule has 0 aliphatic carbocycles. The first-order valence-corrected chi connectivity index (χ1v) is 10.6. The van der Waals surface area contributed by atoms with Crippen LogP contribution in [0.4, 0.5) is 16.3 Å². The van der Waals surface area contributed by atoms with Gasteiger partial charge in [-0.2, -0.15) is 0 Å². The highest BCUT2D eigenvalue weighted by atomic mass is 16.5. The molecule has 1 aliphatic heterocycles. The molecule has 1 fully saturated rings. The first kappa shape index (κ1) is 22.2. The zero-order chi connectivity index (χ0) is 23.2. The highest BCUT2D eigenvalue weighted by Gasteiger charge is 2.22. The molecule has 172 valence electrons. The van der Waals surface area contributed by atoms with E-state index < -0.39 is 0 Å². The standard InChI is InChI=1S/C24H27N5O4/c1-31-19-7-5-18(6-8-19)25-24(30)29-14-12-28(13-15-29)23-11-9-20(26-27-23)17-4-10-21(32-2)22(16-17)33-3/h4-11,16H,12-15H2,1-3H3,(H,25,30). The van der Waals surface area contributed by atoms with Crippen LogP contribution in [-0.4, -0.2) is 68.6 Å². The van der Waals surface area contributed by atoms with Gasteiger partial charge in [-0.05, 0) is 54.6 Å². The number of nitrogens with one attached hydrogen (secondary N) is 1. The van der Waals surface area contributed by atoms with Gasteiger partial charge in [-0.1, -0.05) is 0 Å². The molecule has 33 heavy (non-hydrogen) atoms. The number of nitrogens with zero attached hydrogens (tertiary/aromatic N) is 4. The summed E-state index contributed by atoms with van der Waals surface area (Å²) in [6.45, 7) is 2.56. The zero-order valence-corrected chi connectivity index (χ0v) is 18.9. The Morgan fingerprint density at radius 3 is 2.15 bits per heavy atom. The second-order valence-corrected chi connectivity index (χ2v) is 7.48. The molecule has 2 amide bonds. The van der Waals surface area contributed by atoms with Crippen molar-refractivity contribution in [1.29, 1.82) is 0 Å². The number of rotatable bonds is 6. The molecule has 0 unspecified atom stereocenters. The number of urea groups is 1. The molecule has 0 atom stereocenters. The van der Waals surface area contributed by atoms with E-state index in [4.69, 9.17) is 14.2 Å². The number of carbonyl (C=O) groups excluding carboxylic acids is 1. The highest BCUT2D eigenvalue weighted by Crippen LogP contribution is 2.31. The van der Waals surface area contributed by atoms with Crippen LogP contribution in [0.3, 0.4) is 0 Å². The average molecular weight is 450 g/mol. The molecule has 1 saturated heterocycles. The van der Waals surface area contributed by atoms with Gasteiger partial charge >= 0.3 is 6.03 Å². The van der Waals surface area contributed by atoms with E-state index in [1.165, 1.54) is 0 Å². The number of hydrogen-bond donors (Lipinski definition) is 1. The van der Waals surface area contributed by atoms with Crippen LogP contribution in [0, 0.1) is 0 Å². The summed E-state index contributed by atoms with van der Waals surface area (Å²) in [4.78, 5) is 16.5. The Balaban J connectivity index is 1.34. The number of methoxy groups -OCH3 is 3. The van der Waals surface area contributed by atoms with Crippen LogP contribution in [0.2, 0.25) is 0 Å². The third-order valence-electron chi connectivity index (χ3n) is 5.56. The Morgan fingerprint density at radius 1 is 0.818 bits per heavy atom. The fourth-order valence-electron chi connectivity index (χ4n) is 3.66. The quantitative estimate of drug-likeness (QED) is 0.616. The van der Waals surface area contributed by atoms with E-state index in [0.29, 0.717) is 37.7 Å². The number of ether oxygens (including phenoxy) is 3. The van der Waals surface area contributed by atoms with E-state index in [0.717, 1.165) is 28.5 Å². The van der Waals surface area contributed by atoms with Gasteiger partial charge in [0.05, 0.1) is 27.0 Å². The summed E-state index contributed by atoms with van der Waals surface area (Å²) >= 11 is 0. The Bertz CT molecular complexity index is 1080. The molecule has 9 nitrogen and oxygen atoms in total. The lowest BCUT2D eigenvalue weighted by Gasteiger charge is -2.35. The number of amides is 2. The lowest BCUT2D eigenvalue weighted by atomic mass is 10.1. The first-order valence-electron chi connectivity index (χ1n) is 10.6. The number of anilines is 2. The summed E-state index contributed by atoms with van der Waals surface area (Å²) < 4.78 is 15.8. The molecule has 4 rings (SSSR count). The minimum absolute atomic E-state index is 0.116. The van der Waals surface area contributed by atoms with Crippen LogP contribution in [0.15, 0.2) is 54.6 Å². The van der Waals surface area contributed by atoms with Crippen molar-refractivity contribution in [1.82, 2.24) is 15.1 Å². The van der Waals surface area contributed by atoms with E-state index in [2.05, 4.69) is 20.4 Å². The van der Waals surface area contributed by atoms with Crippen LogP contribution < -0.4 is 24.4 Å². The molecule has 1 N–H and O–H groups in total. The molecular weight excluding hydrogens is 422 g/mol. The highest BCUT2D eigenvalue weighted by molar-refractivity contribution is 5.89. The van der Waals surface area contributed by atoms with Gasteiger partial charge in [-0.25, -0.2) is 4.79 Å². The van der Waals surface area contributed by atoms with Crippen LogP contribution in [-0.2, 0) is 0 Å². The van der Waals surface area contributed by atoms with Gasteiger partial charge in [0.25, 0.3) is 0 Å². The van der Waals surface area contributed by atoms with Gasteiger partial charge in [-0.3, -0.25) is 0 Å². The summed E-state index contributed by atoms with van der Waals surface area (Å²) in [5, 5.41) is 11.7. The second-order valence-electron chi connectivity index (χ2n) is 7.48. The molecule has 3 aromatic rings. The number of benzene rings is 2. The molecule has 9 heteroatoms. The number of piperazine rings is 1. The summed E-state index contributed by atoms with van der Waals surface area (Å²) in [6, 6.07) is 16.7. The molecule has 0 radical (unpaired) electrons. The van der Waals surface area contributed by atoms with Crippen molar-refractivity contribution in [2.75, 3.05) is 57.7 Å². The summed E-state index contributed by atoms with van der Waals surface area (Å²) in [5.74, 6) is 2.85. The van der Waals surface area contributed by atoms with Crippen molar-refractivity contribution in [3.05, 3.63) is 54.6 Å². The fourth-order valence-corrected chi connectivity index (χ4v) is 3.66. The number of hydrogen-bond acceptors (Lipinski definition) is 7. The maximum atomic E-state index is 12.6. The lowest BCUT2D eigenvalue weighted by Crippen LogP contribution is -2.50. The van der Waals surface area contributed by atoms with Crippen molar-refractivity contribution in [2.45, 2.75) is 0 Å². The molecule has 2 aromatic carbocycles. The molecule has 2 heterocycles.